The third-order valence-electron chi connectivity index (χ3n) is 4.13. The van der Waals surface area contributed by atoms with Crippen molar-refractivity contribution in [1.29, 1.82) is 0 Å². The topological polar surface area (TPSA) is 90.5 Å². The molecule has 3 heterocycles. The van der Waals surface area contributed by atoms with Crippen LogP contribution >= 0.6 is 0 Å². The number of benzene rings is 1. The lowest BCUT2D eigenvalue weighted by atomic mass is 10.2. The summed E-state index contributed by atoms with van der Waals surface area (Å²) >= 11 is 0. The number of para-hydroxylation sites is 1. The van der Waals surface area contributed by atoms with Gasteiger partial charge < -0.3 is 16.0 Å². The van der Waals surface area contributed by atoms with Gasteiger partial charge in [0, 0.05) is 23.7 Å². The van der Waals surface area contributed by atoms with Crippen molar-refractivity contribution in [3.63, 3.8) is 0 Å². The molecule has 0 aliphatic carbocycles. The van der Waals surface area contributed by atoms with E-state index in [1.807, 2.05) is 30.3 Å². The van der Waals surface area contributed by atoms with E-state index >= 15 is 0 Å². The Kier molecular flexibility index (Phi) is 4.77. The maximum atomic E-state index is 4.65. The molecule has 0 bridgehead atoms. The van der Waals surface area contributed by atoms with Gasteiger partial charge in [-0.25, -0.2) is 4.98 Å². The monoisotopic (exact) mass is 347 g/mol. The Morgan fingerprint density at radius 2 is 2.08 bits per heavy atom. The maximum Gasteiger partial charge on any atom is 0.225 e. The van der Waals surface area contributed by atoms with Crippen LogP contribution in [-0.4, -0.2) is 33.3 Å². The maximum absolute atomic E-state index is 4.65. The van der Waals surface area contributed by atoms with Gasteiger partial charge in [0.05, 0.1) is 18.3 Å². The van der Waals surface area contributed by atoms with Crippen LogP contribution in [0.5, 0.6) is 0 Å². The minimum Gasteiger partial charge on any atom is -0.387 e. The van der Waals surface area contributed by atoms with Crippen molar-refractivity contribution in [2.75, 3.05) is 23.7 Å². The lowest BCUT2D eigenvalue weighted by molar-refractivity contribution is 0.721. The first kappa shape index (κ1) is 16.1. The largest absolute Gasteiger partial charge is 0.387 e. The molecule has 0 amide bonds. The molecule has 7 nitrogen and oxygen atoms in total. The van der Waals surface area contributed by atoms with E-state index < -0.39 is 0 Å². The standard InChI is InChI=1S/C19H21N7/c1-2-6-11-20-14(7-3-1)13-21-19-23-16-9-5-4-8-15(16)18(25-19)24-17-10-12-22-26-17/h1,3-5,7-10,12,20H,2,6,11,13H2,(H3,21,22,23,24,25,26)/b3-1+,14-7-. The van der Waals surface area contributed by atoms with Crippen LogP contribution in [0.1, 0.15) is 12.8 Å². The first-order chi connectivity index (χ1) is 12.9. The molecule has 132 valence electrons. The van der Waals surface area contributed by atoms with Crippen molar-refractivity contribution < 1.29 is 0 Å². The fourth-order valence-electron chi connectivity index (χ4n) is 2.81. The lowest BCUT2D eigenvalue weighted by Gasteiger charge is -2.14. The number of nitrogens with zero attached hydrogens (tertiary/aromatic N) is 3. The molecule has 1 aromatic carbocycles. The highest BCUT2D eigenvalue weighted by molar-refractivity contribution is 5.91. The second-order valence-corrected chi connectivity index (χ2v) is 6.05. The fraction of sp³-hybridized carbons (Fsp3) is 0.211. The van der Waals surface area contributed by atoms with Gasteiger partial charge in [-0.15, -0.1) is 0 Å². The predicted octanol–water partition coefficient (Wildman–Crippen LogP) is 3.33. The molecule has 0 atom stereocenters. The van der Waals surface area contributed by atoms with Crippen molar-refractivity contribution in [2.24, 2.45) is 0 Å². The quantitative estimate of drug-likeness (QED) is 0.566. The van der Waals surface area contributed by atoms with Crippen LogP contribution in [0.15, 0.2) is 60.5 Å². The van der Waals surface area contributed by atoms with Crippen molar-refractivity contribution in [1.82, 2.24) is 25.5 Å². The third-order valence-corrected chi connectivity index (χ3v) is 4.13. The number of hydrogen-bond acceptors (Lipinski definition) is 6. The average molecular weight is 347 g/mol. The number of fused-ring (bicyclic) bond motifs is 1. The summed E-state index contributed by atoms with van der Waals surface area (Å²) in [6.45, 7) is 1.62. The zero-order chi connectivity index (χ0) is 17.6. The van der Waals surface area contributed by atoms with E-state index in [1.165, 1.54) is 0 Å². The molecule has 0 fully saturated rings. The predicted molar refractivity (Wildman–Crippen MR) is 104 cm³/mol. The first-order valence-electron chi connectivity index (χ1n) is 8.75. The molecule has 0 saturated carbocycles. The van der Waals surface area contributed by atoms with E-state index in [2.05, 4.69) is 54.3 Å². The number of hydrogen-bond donors (Lipinski definition) is 4. The molecule has 4 N–H and O–H groups in total. The van der Waals surface area contributed by atoms with Crippen molar-refractivity contribution in [3.8, 4) is 0 Å². The zero-order valence-corrected chi connectivity index (χ0v) is 14.4. The van der Waals surface area contributed by atoms with Gasteiger partial charge in [0.1, 0.15) is 11.6 Å². The summed E-state index contributed by atoms with van der Waals surface area (Å²) in [6.07, 6.45) is 10.3. The Morgan fingerprint density at radius 1 is 1.12 bits per heavy atom. The molecule has 1 aliphatic rings. The Morgan fingerprint density at radius 3 is 3.00 bits per heavy atom. The molecular formula is C19H21N7. The Bertz CT molecular complexity index is 928. The van der Waals surface area contributed by atoms with Crippen LogP contribution in [0.4, 0.5) is 17.6 Å². The van der Waals surface area contributed by atoms with Gasteiger partial charge in [-0.1, -0.05) is 24.3 Å². The van der Waals surface area contributed by atoms with Gasteiger partial charge in [0.2, 0.25) is 5.95 Å². The van der Waals surface area contributed by atoms with E-state index in [4.69, 9.17) is 0 Å². The van der Waals surface area contributed by atoms with E-state index in [0.717, 1.165) is 47.6 Å². The summed E-state index contributed by atoms with van der Waals surface area (Å²) in [6, 6.07) is 9.80. The van der Waals surface area contributed by atoms with Crippen molar-refractivity contribution in [3.05, 3.63) is 60.5 Å². The number of allylic oxidation sites excluding steroid dienone is 3. The second-order valence-electron chi connectivity index (χ2n) is 6.05. The Hall–Kier alpha value is -3.35. The number of rotatable bonds is 5. The lowest BCUT2D eigenvalue weighted by Crippen LogP contribution is -2.22. The highest BCUT2D eigenvalue weighted by atomic mass is 15.2. The molecule has 3 aromatic rings. The van der Waals surface area contributed by atoms with Crippen LogP contribution in [0.2, 0.25) is 0 Å². The fourth-order valence-corrected chi connectivity index (χ4v) is 2.81. The molecular weight excluding hydrogens is 326 g/mol. The summed E-state index contributed by atoms with van der Waals surface area (Å²) in [4.78, 5) is 9.28. The van der Waals surface area contributed by atoms with Gasteiger partial charge in [-0.05, 0) is 31.1 Å². The number of anilines is 3. The van der Waals surface area contributed by atoms with Gasteiger partial charge >= 0.3 is 0 Å². The number of nitrogens with one attached hydrogen (secondary N) is 4. The van der Waals surface area contributed by atoms with E-state index in [-0.39, 0.29) is 0 Å². The van der Waals surface area contributed by atoms with Gasteiger partial charge in [0.15, 0.2) is 0 Å². The molecule has 0 spiro atoms. The average Bonchev–Trinajstić information content (AvgIpc) is 3.14. The minimum absolute atomic E-state index is 0.583. The first-order valence-corrected chi connectivity index (χ1v) is 8.75. The molecule has 26 heavy (non-hydrogen) atoms. The van der Waals surface area contributed by atoms with E-state index in [1.54, 1.807) is 6.20 Å². The van der Waals surface area contributed by atoms with Crippen LogP contribution in [0, 0.1) is 0 Å². The van der Waals surface area contributed by atoms with E-state index in [0.29, 0.717) is 12.5 Å². The summed E-state index contributed by atoms with van der Waals surface area (Å²) in [7, 11) is 0. The van der Waals surface area contributed by atoms with Crippen molar-refractivity contribution >= 4 is 28.5 Å². The summed E-state index contributed by atoms with van der Waals surface area (Å²) in [5, 5.41) is 17.9. The van der Waals surface area contributed by atoms with Gasteiger partial charge in [-0.2, -0.15) is 10.1 Å². The number of H-pyrrole nitrogens is 1. The third kappa shape index (κ3) is 3.83. The summed E-state index contributed by atoms with van der Waals surface area (Å²) < 4.78 is 0. The number of aromatic nitrogens is 4. The molecule has 0 unspecified atom stereocenters. The Balaban J connectivity index is 1.58. The van der Waals surface area contributed by atoms with Crippen LogP contribution in [0.3, 0.4) is 0 Å². The van der Waals surface area contributed by atoms with Crippen LogP contribution in [-0.2, 0) is 0 Å². The SMILES string of the molecule is C1=C(/CNc2nc(Nc3ccn[nH]3)c3ccccc3n2)NCCC/C=C/1. The molecule has 7 heteroatoms. The summed E-state index contributed by atoms with van der Waals surface area (Å²) in [5.41, 5.74) is 2.01. The van der Waals surface area contributed by atoms with Gasteiger partial charge in [0.25, 0.3) is 0 Å². The van der Waals surface area contributed by atoms with E-state index in [9.17, 15) is 0 Å². The Labute approximate surface area is 151 Å². The smallest absolute Gasteiger partial charge is 0.225 e. The van der Waals surface area contributed by atoms with Crippen molar-refractivity contribution in [2.45, 2.75) is 12.8 Å². The van der Waals surface area contributed by atoms with Gasteiger partial charge in [-0.3, -0.25) is 5.10 Å². The molecule has 0 saturated heterocycles. The molecule has 0 radical (unpaired) electrons. The minimum atomic E-state index is 0.583. The van der Waals surface area contributed by atoms with Crippen LogP contribution in [0.25, 0.3) is 10.9 Å². The highest BCUT2D eigenvalue weighted by Crippen LogP contribution is 2.24. The molecule has 1 aliphatic heterocycles. The molecule has 2 aromatic heterocycles. The van der Waals surface area contributed by atoms with Crippen LogP contribution < -0.4 is 16.0 Å². The second kappa shape index (κ2) is 7.69. The normalized spacial score (nSPS) is 17.5. The highest BCUT2D eigenvalue weighted by Gasteiger charge is 2.09. The number of aromatic amines is 1. The molecule has 4 rings (SSSR count). The zero-order valence-electron chi connectivity index (χ0n) is 14.4. The summed E-state index contributed by atoms with van der Waals surface area (Å²) in [5.74, 6) is 2.11.